The second kappa shape index (κ2) is 4.94. The van der Waals surface area contributed by atoms with Crippen LogP contribution in [-0.2, 0) is 0 Å². The lowest BCUT2D eigenvalue weighted by Gasteiger charge is -2.08. The van der Waals surface area contributed by atoms with E-state index in [1.54, 1.807) is 24.3 Å². The largest absolute Gasteiger partial charge is 0.456 e. The summed E-state index contributed by atoms with van der Waals surface area (Å²) in [5, 5.41) is 0.0636. The Balaban J connectivity index is 2.28. The summed E-state index contributed by atoms with van der Waals surface area (Å²) in [7, 11) is 0. The van der Waals surface area contributed by atoms with Crippen LogP contribution < -0.4 is 10.5 Å². The van der Waals surface area contributed by atoms with Gasteiger partial charge >= 0.3 is 0 Å². The van der Waals surface area contributed by atoms with E-state index in [0.717, 1.165) is 0 Å². The minimum Gasteiger partial charge on any atom is -0.456 e. The molecule has 2 nitrogen and oxygen atoms in total. The highest BCUT2D eigenvalue weighted by Crippen LogP contribution is 2.32. The number of benzene rings is 2. The maximum Gasteiger partial charge on any atom is 0.145 e. The van der Waals surface area contributed by atoms with Crippen LogP contribution >= 0.6 is 27.5 Å². The van der Waals surface area contributed by atoms with Crippen LogP contribution in [0.25, 0.3) is 0 Å². The van der Waals surface area contributed by atoms with Crippen molar-refractivity contribution in [2.75, 3.05) is 5.73 Å². The van der Waals surface area contributed by atoms with Crippen LogP contribution in [0.1, 0.15) is 0 Å². The summed E-state index contributed by atoms with van der Waals surface area (Å²) in [6.07, 6.45) is 0. The van der Waals surface area contributed by atoms with Gasteiger partial charge in [0.2, 0.25) is 0 Å². The van der Waals surface area contributed by atoms with Crippen molar-refractivity contribution in [3.05, 3.63) is 51.7 Å². The van der Waals surface area contributed by atoms with Gasteiger partial charge < -0.3 is 10.5 Å². The highest BCUT2D eigenvalue weighted by Gasteiger charge is 2.06. The summed E-state index contributed by atoms with van der Waals surface area (Å²) in [4.78, 5) is 0. The molecular weight excluding hydrogens is 308 g/mol. The lowest BCUT2D eigenvalue weighted by Crippen LogP contribution is -1.89. The van der Waals surface area contributed by atoms with Crippen LogP contribution in [-0.4, -0.2) is 0 Å². The minimum atomic E-state index is -0.518. The normalized spacial score (nSPS) is 10.3. The second-order valence-electron chi connectivity index (χ2n) is 3.37. The molecule has 0 amide bonds. The molecule has 17 heavy (non-hydrogen) atoms. The van der Waals surface area contributed by atoms with Gasteiger partial charge in [-0.25, -0.2) is 4.39 Å². The summed E-state index contributed by atoms with van der Waals surface area (Å²) in [5.74, 6) is 0.411. The van der Waals surface area contributed by atoms with Gasteiger partial charge in [-0.05, 0) is 46.3 Å². The summed E-state index contributed by atoms with van der Waals surface area (Å²) < 4.78 is 19.4. The first kappa shape index (κ1) is 12.2. The molecule has 5 heteroatoms. The lowest BCUT2D eigenvalue weighted by atomic mass is 10.3. The molecule has 0 heterocycles. The molecular formula is C12H8BrClFNO. The Bertz CT molecular complexity index is 562. The van der Waals surface area contributed by atoms with Gasteiger partial charge in [-0.15, -0.1) is 0 Å². The third-order valence-electron chi connectivity index (χ3n) is 2.07. The molecule has 0 aliphatic heterocycles. The topological polar surface area (TPSA) is 35.2 Å². The van der Waals surface area contributed by atoms with Gasteiger partial charge in [-0.1, -0.05) is 11.6 Å². The molecule has 2 aromatic carbocycles. The summed E-state index contributed by atoms with van der Waals surface area (Å²) >= 11 is 8.89. The van der Waals surface area contributed by atoms with Crippen molar-refractivity contribution < 1.29 is 9.13 Å². The zero-order chi connectivity index (χ0) is 12.4. The van der Waals surface area contributed by atoms with Crippen molar-refractivity contribution in [3.8, 4) is 11.5 Å². The molecule has 2 rings (SSSR count). The Morgan fingerprint density at radius 1 is 1.18 bits per heavy atom. The van der Waals surface area contributed by atoms with Crippen molar-refractivity contribution >= 4 is 33.2 Å². The number of nitrogen functional groups attached to an aromatic ring is 1. The smallest absolute Gasteiger partial charge is 0.145 e. The van der Waals surface area contributed by atoms with E-state index in [0.29, 0.717) is 21.7 Å². The van der Waals surface area contributed by atoms with E-state index in [-0.39, 0.29) is 5.02 Å². The van der Waals surface area contributed by atoms with Crippen LogP contribution in [0.15, 0.2) is 40.9 Å². The Morgan fingerprint density at radius 2 is 1.94 bits per heavy atom. The fraction of sp³-hybridized carbons (Fsp3) is 0. The molecule has 2 aromatic rings. The van der Waals surface area contributed by atoms with Crippen molar-refractivity contribution in [2.24, 2.45) is 0 Å². The van der Waals surface area contributed by atoms with Crippen molar-refractivity contribution in [3.63, 3.8) is 0 Å². The monoisotopic (exact) mass is 315 g/mol. The Kier molecular flexibility index (Phi) is 3.54. The molecule has 0 saturated heterocycles. The van der Waals surface area contributed by atoms with Gasteiger partial charge in [0.05, 0.1) is 9.50 Å². The van der Waals surface area contributed by atoms with E-state index >= 15 is 0 Å². The standard InChI is InChI=1S/C12H8BrClFNO/c13-9-5-7(16)1-4-12(9)17-8-2-3-10(14)11(15)6-8/h1-6H,16H2. The number of hydrogen-bond acceptors (Lipinski definition) is 2. The van der Waals surface area contributed by atoms with Gasteiger partial charge in [0, 0.05) is 11.8 Å². The average Bonchev–Trinajstić information content (AvgIpc) is 2.27. The maximum absolute atomic E-state index is 13.2. The van der Waals surface area contributed by atoms with E-state index in [9.17, 15) is 4.39 Å². The van der Waals surface area contributed by atoms with Crippen LogP contribution in [0.5, 0.6) is 11.5 Å². The summed E-state index contributed by atoms with van der Waals surface area (Å²) in [6.45, 7) is 0. The minimum absolute atomic E-state index is 0.0636. The third-order valence-corrected chi connectivity index (χ3v) is 3.00. The number of hydrogen-bond donors (Lipinski definition) is 1. The molecule has 0 fully saturated rings. The second-order valence-corrected chi connectivity index (χ2v) is 4.63. The molecule has 0 bridgehead atoms. The molecule has 0 aromatic heterocycles. The van der Waals surface area contributed by atoms with Crippen LogP contribution in [0, 0.1) is 5.82 Å². The predicted molar refractivity (Wildman–Crippen MR) is 70.0 cm³/mol. The molecule has 0 radical (unpaired) electrons. The SMILES string of the molecule is Nc1ccc(Oc2ccc(Cl)c(F)c2)c(Br)c1. The highest BCUT2D eigenvalue weighted by atomic mass is 79.9. The van der Waals surface area contributed by atoms with Gasteiger partial charge in [0.15, 0.2) is 0 Å². The molecule has 0 aliphatic rings. The predicted octanol–water partition coefficient (Wildman–Crippen LogP) is 4.62. The number of rotatable bonds is 2. The van der Waals surface area contributed by atoms with E-state index < -0.39 is 5.82 Å². The summed E-state index contributed by atoms with van der Waals surface area (Å²) in [6, 6.07) is 9.37. The third kappa shape index (κ3) is 2.90. The number of nitrogens with two attached hydrogens (primary N) is 1. The molecule has 0 saturated carbocycles. The van der Waals surface area contributed by atoms with Gasteiger partial charge in [0.25, 0.3) is 0 Å². The number of ether oxygens (including phenoxy) is 1. The Hall–Kier alpha value is -1.26. The first-order valence-corrected chi connectivity index (χ1v) is 5.91. The van der Waals surface area contributed by atoms with E-state index in [2.05, 4.69) is 15.9 Å². The Morgan fingerprint density at radius 3 is 2.59 bits per heavy atom. The molecule has 88 valence electrons. The first-order valence-electron chi connectivity index (χ1n) is 4.74. The van der Waals surface area contributed by atoms with Crippen molar-refractivity contribution in [1.29, 1.82) is 0 Å². The number of anilines is 1. The maximum atomic E-state index is 13.2. The average molecular weight is 317 g/mol. The van der Waals surface area contributed by atoms with E-state index in [1.165, 1.54) is 12.1 Å². The molecule has 0 atom stereocenters. The summed E-state index contributed by atoms with van der Waals surface area (Å²) in [5.41, 5.74) is 6.22. The molecule has 0 unspecified atom stereocenters. The molecule has 0 spiro atoms. The van der Waals surface area contributed by atoms with Gasteiger partial charge in [-0.2, -0.15) is 0 Å². The van der Waals surface area contributed by atoms with Gasteiger partial charge in [-0.3, -0.25) is 0 Å². The van der Waals surface area contributed by atoms with Crippen LogP contribution in [0.2, 0.25) is 5.02 Å². The van der Waals surface area contributed by atoms with Crippen LogP contribution in [0.4, 0.5) is 10.1 Å². The van der Waals surface area contributed by atoms with Crippen LogP contribution in [0.3, 0.4) is 0 Å². The van der Waals surface area contributed by atoms with E-state index in [1.807, 2.05) is 0 Å². The molecule has 2 N–H and O–H groups in total. The van der Waals surface area contributed by atoms with E-state index in [4.69, 9.17) is 22.1 Å². The Labute approximate surface area is 111 Å². The first-order chi connectivity index (χ1) is 8.06. The fourth-order valence-corrected chi connectivity index (χ4v) is 1.86. The van der Waals surface area contributed by atoms with Gasteiger partial charge in [0.1, 0.15) is 17.3 Å². The van der Waals surface area contributed by atoms with Crippen molar-refractivity contribution in [2.45, 2.75) is 0 Å². The fourth-order valence-electron chi connectivity index (χ4n) is 1.27. The quantitative estimate of drug-likeness (QED) is 0.821. The zero-order valence-electron chi connectivity index (χ0n) is 8.58. The number of halogens is 3. The molecule has 0 aliphatic carbocycles. The highest BCUT2D eigenvalue weighted by molar-refractivity contribution is 9.10. The lowest BCUT2D eigenvalue weighted by molar-refractivity contribution is 0.474. The van der Waals surface area contributed by atoms with Crippen molar-refractivity contribution in [1.82, 2.24) is 0 Å². The zero-order valence-corrected chi connectivity index (χ0v) is 10.9.